The third-order valence-corrected chi connectivity index (χ3v) is 5.06. The number of methoxy groups -OCH3 is 1. The molecule has 1 atom stereocenters. The van der Waals surface area contributed by atoms with E-state index in [0.29, 0.717) is 50.9 Å². The molecule has 0 bridgehead atoms. The van der Waals surface area contributed by atoms with Crippen LogP contribution in [0.2, 0.25) is 0 Å². The Morgan fingerprint density at radius 1 is 1.40 bits per heavy atom. The lowest BCUT2D eigenvalue weighted by Crippen LogP contribution is -2.46. The molecule has 0 aliphatic carbocycles. The summed E-state index contributed by atoms with van der Waals surface area (Å²) in [5.41, 5.74) is 0.942. The lowest BCUT2D eigenvalue weighted by molar-refractivity contribution is -0.138. The van der Waals surface area contributed by atoms with Crippen LogP contribution in [0.1, 0.15) is 27.3 Å². The van der Waals surface area contributed by atoms with E-state index in [2.05, 4.69) is 15.1 Å². The van der Waals surface area contributed by atoms with Gasteiger partial charge in [-0.3, -0.25) is 4.79 Å². The molecule has 136 valence electrons. The summed E-state index contributed by atoms with van der Waals surface area (Å²) in [7, 11) is 1.58. The van der Waals surface area contributed by atoms with E-state index in [-0.39, 0.29) is 12.0 Å². The van der Waals surface area contributed by atoms with Crippen molar-refractivity contribution < 1.29 is 18.8 Å². The molecule has 25 heavy (non-hydrogen) atoms. The molecule has 3 rings (SSSR count). The van der Waals surface area contributed by atoms with Crippen molar-refractivity contribution >= 4 is 17.2 Å². The van der Waals surface area contributed by atoms with Crippen LogP contribution in [0, 0.1) is 13.8 Å². The SMILES string of the molecule is COCc1noc(C[C@H]2CN(C(=O)Cc3sc(C)nc3C)CCO2)n1. The molecule has 0 aromatic carbocycles. The number of nitrogens with zero attached hydrogens (tertiary/aromatic N) is 4. The fourth-order valence-electron chi connectivity index (χ4n) is 2.81. The fraction of sp³-hybridized carbons (Fsp3) is 0.625. The van der Waals surface area contributed by atoms with Crippen molar-refractivity contribution in [2.75, 3.05) is 26.8 Å². The Balaban J connectivity index is 1.56. The summed E-state index contributed by atoms with van der Waals surface area (Å²) in [6.45, 7) is 5.85. The van der Waals surface area contributed by atoms with Gasteiger partial charge in [0.05, 0.1) is 36.3 Å². The number of ether oxygens (including phenoxy) is 2. The summed E-state index contributed by atoms with van der Waals surface area (Å²) in [5, 5.41) is 4.83. The second kappa shape index (κ2) is 8.03. The molecule has 0 unspecified atom stereocenters. The molecule has 9 heteroatoms. The maximum Gasteiger partial charge on any atom is 0.229 e. The first-order valence-electron chi connectivity index (χ1n) is 8.18. The third kappa shape index (κ3) is 4.62. The number of carbonyl (C=O) groups is 1. The van der Waals surface area contributed by atoms with Gasteiger partial charge in [-0.2, -0.15) is 4.98 Å². The summed E-state index contributed by atoms with van der Waals surface area (Å²) >= 11 is 1.58. The first-order chi connectivity index (χ1) is 12.0. The van der Waals surface area contributed by atoms with Crippen LogP contribution < -0.4 is 0 Å². The Labute approximate surface area is 150 Å². The molecule has 0 radical (unpaired) electrons. The molecule has 1 aliphatic heterocycles. The van der Waals surface area contributed by atoms with Crippen LogP contribution in [0.15, 0.2) is 4.52 Å². The molecule has 0 saturated carbocycles. The highest BCUT2D eigenvalue weighted by Gasteiger charge is 2.26. The van der Waals surface area contributed by atoms with Gasteiger partial charge in [-0.1, -0.05) is 5.16 Å². The zero-order valence-corrected chi connectivity index (χ0v) is 15.5. The van der Waals surface area contributed by atoms with Crippen molar-refractivity contribution in [2.45, 2.75) is 39.4 Å². The molecule has 0 spiro atoms. The lowest BCUT2D eigenvalue weighted by Gasteiger charge is -2.32. The highest BCUT2D eigenvalue weighted by atomic mass is 32.1. The number of morpholine rings is 1. The van der Waals surface area contributed by atoms with Crippen molar-refractivity contribution in [1.82, 2.24) is 20.0 Å². The van der Waals surface area contributed by atoms with E-state index in [1.165, 1.54) is 0 Å². The first kappa shape index (κ1) is 18.0. The predicted octanol–water partition coefficient (Wildman–Crippen LogP) is 1.30. The van der Waals surface area contributed by atoms with Crippen molar-refractivity contribution in [3.8, 4) is 0 Å². The van der Waals surface area contributed by atoms with Crippen molar-refractivity contribution in [1.29, 1.82) is 0 Å². The van der Waals surface area contributed by atoms with Gasteiger partial charge in [0, 0.05) is 25.1 Å². The maximum atomic E-state index is 12.6. The highest BCUT2D eigenvalue weighted by molar-refractivity contribution is 7.11. The van der Waals surface area contributed by atoms with E-state index in [9.17, 15) is 4.79 Å². The zero-order valence-electron chi connectivity index (χ0n) is 14.7. The number of hydrogen-bond donors (Lipinski definition) is 0. The van der Waals surface area contributed by atoms with Gasteiger partial charge in [-0.05, 0) is 13.8 Å². The van der Waals surface area contributed by atoms with Crippen LogP contribution in [0.3, 0.4) is 0 Å². The Hall–Kier alpha value is -1.84. The Kier molecular flexibility index (Phi) is 5.77. The molecule has 8 nitrogen and oxygen atoms in total. The number of aromatic nitrogens is 3. The van der Waals surface area contributed by atoms with Gasteiger partial charge in [0.15, 0.2) is 5.82 Å². The topological polar surface area (TPSA) is 90.6 Å². The van der Waals surface area contributed by atoms with E-state index >= 15 is 0 Å². The van der Waals surface area contributed by atoms with E-state index in [1.54, 1.807) is 18.4 Å². The van der Waals surface area contributed by atoms with E-state index in [1.807, 2.05) is 18.7 Å². The second-order valence-electron chi connectivity index (χ2n) is 5.99. The summed E-state index contributed by atoms with van der Waals surface area (Å²) in [6.07, 6.45) is 0.736. The summed E-state index contributed by atoms with van der Waals surface area (Å²) in [6, 6.07) is 0. The van der Waals surface area contributed by atoms with E-state index < -0.39 is 0 Å². The molecule has 2 aromatic rings. The highest BCUT2D eigenvalue weighted by Crippen LogP contribution is 2.19. The molecule has 1 aliphatic rings. The first-order valence-corrected chi connectivity index (χ1v) is 8.99. The van der Waals surface area contributed by atoms with Gasteiger partial charge in [0.25, 0.3) is 0 Å². The number of aryl methyl sites for hydroxylation is 2. The number of amides is 1. The molecule has 1 amide bonds. The van der Waals surface area contributed by atoms with Crippen molar-refractivity contribution in [3.05, 3.63) is 27.3 Å². The minimum absolute atomic E-state index is 0.102. The molecule has 3 heterocycles. The van der Waals surface area contributed by atoms with Gasteiger partial charge in [-0.25, -0.2) is 4.98 Å². The van der Waals surface area contributed by atoms with Crippen LogP contribution in [-0.2, 0) is 33.7 Å². The fourth-order valence-corrected chi connectivity index (χ4v) is 3.74. The third-order valence-electron chi connectivity index (χ3n) is 3.99. The summed E-state index contributed by atoms with van der Waals surface area (Å²) < 4.78 is 15.9. The lowest BCUT2D eigenvalue weighted by atomic mass is 10.2. The monoisotopic (exact) mass is 366 g/mol. The van der Waals surface area contributed by atoms with Gasteiger partial charge in [0.1, 0.15) is 6.61 Å². The van der Waals surface area contributed by atoms with Crippen molar-refractivity contribution in [3.63, 3.8) is 0 Å². The van der Waals surface area contributed by atoms with Gasteiger partial charge in [0.2, 0.25) is 11.8 Å². The number of thiazole rings is 1. The number of carbonyl (C=O) groups excluding carboxylic acids is 1. The van der Waals surface area contributed by atoms with Crippen LogP contribution in [-0.4, -0.2) is 58.8 Å². The molecule has 0 N–H and O–H groups in total. The van der Waals surface area contributed by atoms with Gasteiger partial charge >= 0.3 is 0 Å². The molecule has 1 saturated heterocycles. The normalized spacial score (nSPS) is 17.9. The van der Waals surface area contributed by atoms with E-state index in [0.717, 1.165) is 15.6 Å². The number of hydrogen-bond acceptors (Lipinski definition) is 8. The maximum absolute atomic E-state index is 12.6. The van der Waals surface area contributed by atoms with Gasteiger partial charge in [-0.15, -0.1) is 11.3 Å². The summed E-state index contributed by atoms with van der Waals surface area (Å²) in [5.74, 6) is 1.11. The average molecular weight is 366 g/mol. The standard InChI is InChI=1S/C16H22N4O4S/c1-10-13(25-11(2)17-10)7-16(21)20-4-5-23-12(8-20)6-15-18-14(9-22-3)19-24-15/h12H,4-9H2,1-3H3/t12-/m0/s1. The molecule has 1 fully saturated rings. The number of rotatable bonds is 6. The largest absolute Gasteiger partial charge is 0.377 e. The zero-order chi connectivity index (χ0) is 17.8. The minimum Gasteiger partial charge on any atom is -0.377 e. The van der Waals surface area contributed by atoms with E-state index in [4.69, 9.17) is 14.0 Å². The van der Waals surface area contributed by atoms with Gasteiger partial charge < -0.3 is 18.9 Å². The Bertz CT molecular complexity index is 730. The minimum atomic E-state index is -0.141. The molecule has 2 aromatic heterocycles. The summed E-state index contributed by atoms with van der Waals surface area (Å²) in [4.78, 5) is 24.1. The Morgan fingerprint density at radius 3 is 2.96 bits per heavy atom. The van der Waals surface area contributed by atoms with Crippen LogP contribution in [0.25, 0.3) is 0 Å². The quantitative estimate of drug-likeness (QED) is 0.761. The average Bonchev–Trinajstić information content (AvgIpc) is 3.14. The smallest absolute Gasteiger partial charge is 0.229 e. The predicted molar refractivity (Wildman–Crippen MR) is 90.3 cm³/mol. The van der Waals surface area contributed by atoms with Crippen LogP contribution in [0.4, 0.5) is 0 Å². The molecular weight excluding hydrogens is 344 g/mol. The van der Waals surface area contributed by atoms with Crippen LogP contribution in [0.5, 0.6) is 0 Å². The molecular formula is C16H22N4O4S. The van der Waals surface area contributed by atoms with Crippen LogP contribution >= 0.6 is 11.3 Å². The Morgan fingerprint density at radius 2 is 2.24 bits per heavy atom. The second-order valence-corrected chi connectivity index (χ2v) is 7.28. The van der Waals surface area contributed by atoms with Crippen molar-refractivity contribution in [2.24, 2.45) is 0 Å².